The molecule has 0 spiro atoms. The lowest BCUT2D eigenvalue weighted by Gasteiger charge is -2.10. The van der Waals surface area contributed by atoms with Crippen molar-refractivity contribution in [2.24, 2.45) is 0 Å². The van der Waals surface area contributed by atoms with Gasteiger partial charge in [0, 0.05) is 0 Å². The average molecular weight is 827 g/mol. The third-order valence-corrected chi connectivity index (χ3v) is 10.3. The molecule has 0 aliphatic rings. The summed E-state index contributed by atoms with van der Waals surface area (Å²) < 4.78 is 11.0. The maximum Gasteiger partial charge on any atom is 0.113 e. The Morgan fingerprint density at radius 2 is 0.867 bits per heavy atom. The van der Waals surface area contributed by atoms with Crippen LogP contribution in [0.2, 0.25) is 0 Å². The van der Waals surface area contributed by atoms with E-state index >= 15 is 0 Å². The van der Waals surface area contributed by atoms with Crippen LogP contribution in [0.3, 0.4) is 0 Å². The van der Waals surface area contributed by atoms with Crippen LogP contribution in [0, 0.1) is 0 Å². The number of aliphatic hydroxyl groups excluding tert-OH is 3. The number of allylic oxidation sites excluding steroid dienone is 1. The number of ether oxygens (including phenoxy) is 2. The fraction of sp³-hybridized carbons (Fsp3) is 0.564. The van der Waals surface area contributed by atoms with Crippen molar-refractivity contribution in [2.75, 3.05) is 26.4 Å². The topological polar surface area (TPSA) is 79.2 Å². The zero-order chi connectivity index (χ0) is 43.2. The highest BCUT2D eigenvalue weighted by Crippen LogP contribution is 2.14. The van der Waals surface area contributed by atoms with Gasteiger partial charge in [0.15, 0.2) is 0 Å². The third-order valence-electron chi connectivity index (χ3n) is 10.3. The predicted octanol–water partition coefficient (Wildman–Crippen LogP) is 14.5. The van der Waals surface area contributed by atoms with E-state index in [1.54, 1.807) is 12.3 Å². The molecule has 0 saturated heterocycles. The quantitative estimate of drug-likeness (QED) is 0.0413. The molecular formula is C55H86O5. The van der Waals surface area contributed by atoms with Crippen LogP contribution in [-0.4, -0.2) is 54.0 Å². The van der Waals surface area contributed by atoms with Gasteiger partial charge in [0.25, 0.3) is 0 Å². The van der Waals surface area contributed by atoms with E-state index in [-0.39, 0.29) is 18.8 Å². The van der Waals surface area contributed by atoms with Crippen molar-refractivity contribution in [1.82, 2.24) is 0 Å². The van der Waals surface area contributed by atoms with Gasteiger partial charge in [-0.15, -0.1) is 0 Å². The summed E-state index contributed by atoms with van der Waals surface area (Å²) in [5.41, 5.74) is 3.57. The minimum Gasteiger partial charge on any atom is -0.499 e. The second kappa shape index (κ2) is 43.6. The Morgan fingerprint density at radius 1 is 0.467 bits per heavy atom. The molecule has 0 fully saturated rings. The van der Waals surface area contributed by atoms with Crippen molar-refractivity contribution in [2.45, 2.75) is 174 Å². The molecule has 60 heavy (non-hydrogen) atoms. The Bertz CT molecular complexity index is 1360. The molecule has 0 bridgehead atoms. The summed E-state index contributed by atoms with van der Waals surface area (Å²) in [6.07, 6.45) is 39.9. The summed E-state index contributed by atoms with van der Waals surface area (Å²) in [7, 11) is 0. The lowest BCUT2D eigenvalue weighted by atomic mass is 10.0. The van der Waals surface area contributed by atoms with Crippen molar-refractivity contribution in [3.05, 3.63) is 132 Å². The van der Waals surface area contributed by atoms with E-state index in [1.165, 1.54) is 127 Å². The lowest BCUT2D eigenvalue weighted by molar-refractivity contribution is 0.0432. The summed E-state index contributed by atoms with van der Waals surface area (Å²) in [4.78, 5) is 0. The summed E-state index contributed by atoms with van der Waals surface area (Å²) >= 11 is 0. The van der Waals surface area contributed by atoms with E-state index in [1.807, 2.05) is 85.0 Å². The molecule has 0 amide bonds. The first kappa shape index (κ1) is 54.5. The van der Waals surface area contributed by atoms with Crippen molar-refractivity contribution < 1.29 is 24.8 Å². The zero-order valence-electron chi connectivity index (χ0n) is 38.0. The van der Waals surface area contributed by atoms with E-state index in [9.17, 15) is 10.2 Å². The van der Waals surface area contributed by atoms with Crippen LogP contribution in [0.5, 0.6) is 0 Å². The van der Waals surface area contributed by atoms with E-state index in [4.69, 9.17) is 14.6 Å². The summed E-state index contributed by atoms with van der Waals surface area (Å²) in [6.45, 7) is 6.04. The first-order valence-corrected chi connectivity index (χ1v) is 23.9. The molecule has 5 nitrogen and oxygen atoms in total. The predicted molar refractivity (Wildman–Crippen MR) is 259 cm³/mol. The second-order valence-corrected chi connectivity index (χ2v) is 16.0. The molecule has 2 atom stereocenters. The smallest absolute Gasteiger partial charge is 0.113 e. The highest BCUT2D eigenvalue weighted by Gasteiger charge is 2.04. The van der Waals surface area contributed by atoms with Crippen LogP contribution in [-0.2, 0) is 15.9 Å². The van der Waals surface area contributed by atoms with Gasteiger partial charge in [-0.25, -0.2) is 0 Å². The molecule has 336 valence electrons. The molecule has 0 aliphatic heterocycles. The Balaban J connectivity index is 0.000000489. The van der Waals surface area contributed by atoms with Gasteiger partial charge in [0.2, 0.25) is 0 Å². The van der Waals surface area contributed by atoms with E-state index in [2.05, 4.69) is 44.2 Å². The summed E-state index contributed by atoms with van der Waals surface area (Å²) in [5, 5.41) is 28.3. The van der Waals surface area contributed by atoms with Crippen molar-refractivity contribution in [1.29, 1.82) is 0 Å². The Labute approximate surface area is 368 Å². The molecule has 0 aliphatic carbocycles. The highest BCUT2D eigenvalue weighted by molar-refractivity contribution is 5.49. The number of hydrogen-bond donors (Lipinski definition) is 3. The van der Waals surface area contributed by atoms with Crippen molar-refractivity contribution >= 4 is 12.2 Å². The molecule has 0 saturated carbocycles. The fourth-order valence-electron chi connectivity index (χ4n) is 6.71. The van der Waals surface area contributed by atoms with Crippen LogP contribution in [0.15, 0.2) is 115 Å². The number of hydrogen-bond acceptors (Lipinski definition) is 5. The average Bonchev–Trinajstić information content (AvgIpc) is 3.28. The standard InChI is InChI=1S/2C23H38O2.C9H10O/c2*1-2-3-4-5-6-7-8-9-10-14-19-23(24)21-25-20-15-18-22-16-12-11-13-17-22;10-8-4-7-9-5-2-1-3-6-9/h11-13,15-17,20,23-24H,2-10,14,18-19,21H2,1H3;11-13,15-18,23-24H,2-10,14,19-21H2,1H3;1-7,10H,8H2/b20-15-;18-15+;7-4+. The molecule has 5 heteroatoms. The molecular weight excluding hydrogens is 741 g/mol. The zero-order valence-corrected chi connectivity index (χ0v) is 38.0. The maximum absolute atomic E-state index is 9.94. The number of unbranched alkanes of at least 4 members (excludes halogenated alkanes) is 18. The molecule has 0 radical (unpaired) electrons. The van der Waals surface area contributed by atoms with Gasteiger partial charge in [-0.3, -0.25) is 0 Å². The van der Waals surface area contributed by atoms with Crippen LogP contribution in [0.4, 0.5) is 0 Å². The third kappa shape index (κ3) is 37.5. The summed E-state index contributed by atoms with van der Waals surface area (Å²) in [6, 6.07) is 30.4. The van der Waals surface area contributed by atoms with Gasteiger partial charge < -0.3 is 24.8 Å². The lowest BCUT2D eigenvalue weighted by Crippen LogP contribution is -2.15. The maximum atomic E-state index is 9.94. The second-order valence-electron chi connectivity index (χ2n) is 16.0. The van der Waals surface area contributed by atoms with Gasteiger partial charge in [-0.2, -0.15) is 0 Å². The SMILES string of the molecule is CCCCCCCCCCCCC(O)CO/C=C\Cc1ccccc1.CCCCCCCCCCCCC(O)COC/C=C/c1ccccc1.OC/C=C/c1ccccc1. The number of benzene rings is 3. The van der Waals surface area contributed by atoms with E-state index < -0.39 is 0 Å². The van der Waals surface area contributed by atoms with Crippen LogP contribution >= 0.6 is 0 Å². The first-order valence-electron chi connectivity index (χ1n) is 23.9. The Kier molecular flexibility index (Phi) is 39.6. The molecule has 3 aromatic carbocycles. The normalized spacial score (nSPS) is 12.3. The highest BCUT2D eigenvalue weighted by atomic mass is 16.5. The van der Waals surface area contributed by atoms with Gasteiger partial charge in [-0.05, 0) is 42.0 Å². The minimum atomic E-state index is -0.338. The monoisotopic (exact) mass is 827 g/mol. The van der Waals surface area contributed by atoms with Crippen LogP contribution < -0.4 is 0 Å². The van der Waals surface area contributed by atoms with Crippen LogP contribution in [0.25, 0.3) is 12.2 Å². The number of aliphatic hydroxyl groups is 3. The Hall–Kier alpha value is -3.48. The van der Waals surface area contributed by atoms with E-state index in [0.29, 0.717) is 19.8 Å². The van der Waals surface area contributed by atoms with Crippen molar-refractivity contribution in [3.63, 3.8) is 0 Å². The van der Waals surface area contributed by atoms with Crippen LogP contribution in [0.1, 0.15) is 172 Å². The molecule has 3 N–H and O–H groups in total. The molecule has 2 unspecified atom stereocenters. The molecule has 3 rings (SSSR count). The molecule has 0 aromatic heterocycles. The van der Waals surface area contributed by atoms with Gasteiger partial charge in [0.1, 0.15) is 6.61 Å². The molecule has 0 heterocycles. The summed E-state index contributed by atoms with van der Waals surface area (Å²) in [5.74, 6) is 0. The Morgan fingerprint density at radius 3 is 1.32 bits per heavy atom. The van der Waals surface area contributed by atoms with Gasteiger partial charge in [-0.1, -0.05) is 258 Å². The van der Waals surface area contributed by atoms with Gasteiger partial charge >= 0.3 is 0 Å². The number of rotatable bonds is 34. The molecule has 3 aromatic rings. The fourth-order valence-corrected chi connectivity index (χ4v) is 6.71. The minimum absolute atomic E-state index is 0.106. The largest absolute Gasteiger partial charge is 0.499 e. The van der Waals surface area contributed by atoms with Crippen molar-refractivity contribution in [3.8, 4) is 0 Å². The van der Waals surface area contributed by atoms with Gasteiger partial charge in [0.05, 0.1) is 38.3 Å². The van der Waals surface area contributed by atoms with E-state index in [0.717, 1.165) is 37.7 Å². The first-order chi connectivity index (χ1) is 29.6.